The first-order valence-corrected chi connectivity index (χ1v) is 10.4. The molecule has 0 unspecified atom stereocenters. The Morgan fingerprint density at radius 1 is 0.938 bits per heavy atom. The van der Waals surface area contributed by atoms with E-state index < -0.39 is 0 Å². The zero-order valence-corrected chi connectivity index (χ0v) is 17.6. The molecule has 7 nitrogen and oxygen atoms in total. The van der Waals surface area contributed by atoms with Crippen molar-refractivity contribution in [2.45, 2.75) is 13.0 Å². The topological polar surface area (TPSA) is 75.9 Å². The Morgan fingerprint density at radius 3 is 2.34 bits per heavy atom. The summed E-state index contributed by atoms with van der Waals surface area (Å²) in [5, 5.41) is 15.4. The molecule has 1 atom stereocenters. The molecule has 0 saturated carbocycles. The Labute approximate surface area is 186 Å². The molecule has 0 bridgehead atoms. The molecule has 158 valence electrons. The van der Waals surface area contributed by atoms with Gasteiger partial charge in [-0.25, -0.2) is 0 Å². The minimum Gasteiger partial charge on any atom is -0.325 e. The third kappa shape index (κ3) is 3.88. The van der Waals surface area contributed by atoms with E-state index in [1.807, 2.05) is 84.6 Å². The first-order valence-electron chi connectivity index (χ1n) is 10.4. The Morgan fingerprint density at radius 2 is 1.62 bits per heavy atom. The Bertz CT molecular complexity index is 1250. The fourth-order valence-electron chi connectivity index (χ4n) is 3.85. The van der Waals surface area contributed by atoms with E-state index in [-0.39, 0.29) is 18.5 Å². The lowest BCUT2D eigenvalue weighted by molar-refractivity contribution is -0.114. The SMILES string of the molecule is Cc1ccc(NC(=O)CN2C(c3ccccc3)=C[C@H](c3ccccc3)n3nnnc32)cc1. The van der Waals surface area contributed by atoms with Crippen molar-refractivity contribution >= 4 is 23.2 Å². The number of amides is 1. The molecule has 1 N–H and O–H groups in total. The highest BCUT2D eigenvalue weighted by molar-refractivity contribution is 5.97. The number of rotatable bonds is 5. The highest BCUT2D eigenvalue weighted by atomic mass is 16.2. The lowest BCUT2D eigenvalue weighted by Crippen LogP contribution is -2.37. The number of aryl methyl sites for hydroxylation is 1. The lowest BCUT2D eigenvalue weighted by atomic mass is 10.0. The fraction of sp³-hybridized carbons (Fsp3) is 0.120. The maximum absolute atomic E-state index is 13.0. The number of anilines is 2. The van der Waals surface area contributed by atoms with Crippen molar-refractivity contribution in [2.24, 2.45) is 0 Å². The number of aromatic nitrogens is 4. The summed E-state index contributed by atoms with van der Waals surface area (Å²) in [6, 6.07) is 27.6. The molecule has 5 rings (SSSR count). The minimum atomic E-state index is -0.173. The molecule has 2 heterocycles. The van der Waals surface area contributed by atoms with E-state index in [2.05, 4.69) is 39.1 Å². The number of tetrazole rings is 1. The molecule has 32 heavy (non-hydrogen) atoms. The molecule has 4 aromatic rings. The summed E-state index contributed by atoms with van der Waals surface area (Å²) in [6.45, 7) is 2.09. The number of carbonyl (C=O) groups excluding carboxylic acids is 1. The standard InChI is InChI=1S/C25H22N6O/c1-18-12-14-21(15-13-18)26-24(32)17-30-22(19-8-4-2-5-9-19)16-23(20-10-6-3-7-11-20)31-25(30)27-28-29-31/h2-16,23H,17H2,1H3,(H,26,32)/t23-/m1/s1. The van der Waals surface area contributed by atoms with E-state index in [0.717, 1.165) is 28.1 Å². The van der Waals surface area contributed by atoms with Gasteiger partial charge in [0.05, 0.1) is 5.70 Å². The molecule has 0 aliphatic carbocycles. The normalized spacial score (nSPS) is 15.1. The number of benzene rings is 3. The van der Waals surface area contributed by atoms with Gasteiger partial charge >= 0.3 is 0 Å². The third-order valence-electron chi connectivity index (χ3n) is 5.43. The Hall–Kier alpha value is -4.26. The van der Waals surface area contributed by atoms with Crippen LogP contribution in [0.5, 0.6) is 0 Å². The van der Waals surface area contributed by atoms with Crippen LogP contribution in [0.2, 0.25) is 0 Å². The summed E-state index contributed by atoms with van der Waals surface area (Å²) in [6.07, 6.45) is 2.10. The quantitative estimate of drug-likeness (QED) is 0.525. The number of carbonyl (C=O) groups is 1. The minimum absolute atomic E-state index is 0.0798. The van der Waals surface area contributed by atoms with Crippen LogP contribution in [0.15, 0.2) is 91.0 Å². The molecule has 1 aliphatic heterocycles. The molecule has 1 aliphatic rings. The summed E-state index contributed by atoms with van der Waals surface area (Å²) in [5.74, 6) is 0.377. The van der Waals surface area contributed by atoms with Crippen molar-refractivity contribution in [2.75, 3.05) is 16.8 Å². The second-order valence-corrected chi connectivity index (χ2v) is 7.70. The van der Waals surface area contributed by atoms with Crippen LogP contribution in [0.25, 0.3) is 5.70 Å². The summed E-state index contributed by atoms with van der Waals surface area (Å²) in [5.41, 5.74) is 4.84. The second-order valence-electron chi connectivity index (χ2n) is 7.70. The maximum atomic E-state index is 13.0. The number of nitrogens with zero attached hydrogens (tertiary/aromatic N) is 5. The Balaban J connectivity index is 1.52. The molecule has 3 aromatic carbocycles. The number of allylic oxidation sites excluding steroid dienone is 1. The van der Waals surface area contributed by atoms with Crippen LogP contribution < -0.4 is 10.2 Å². The predicted octanol–water partition coefficient (Wildman–Crippen LogP) is 4.07. The molecule has 0 spiro atoms. The average molecular weight is 422 g/mol. The van der Waals surface area contributed by atoms with Crippen molar-refractivity contribution in [3.05, 3.63) is 108 Å². The van der Waals surface area contributed by atoms with Gasteiger partial charge < -0.3 is 5.32 Å². The second kappa shape index (κ2) is 8.47. The zero-order valence-electron chi connectivity index (χ0n) is 17.6. The monoisotopic (exact) mass is 422 g/mol. The van der Waals surface area contributed by atoms with Crippen molar-refractivity contribution in [1.29, 1.82) is 0 Å². The lowest BCUT2D eigenvalue weighted by Gasteiger charge is -2.32. The zero-order chi connectivity index (χ0) is 21.9. The largest absolute Gasteiger partial charge is 0.325 e. The van der Waals surface area contributed by atoms with E-state index in [9.17, 15) is 4.79 Å². The van der Waals surface area contributed by atoms with E-state index in [1.54, 1.807) is 4.68 Å². The summed E-state index contributed by atoms with van der Waals surface area (Å²) in [7, 11) is 0. The number of hydrogen-bond acceptors (Lipinski definition) is 5. The van der Waals surface area contributed by atoms with Crippen molar-refractivity contribution in [3.8, 4) is 0 Å². The number of hydrogen-bond donors (Lipinski definition) is 1. The Kier molecular flexibility index (Phi) is 5.21. The van der Waals surface area contributed by atoms with Gasteiger partial charge in [0.2, 0.25) is 5.91 Å². The van der Waals surface area contributed by atoms with Crippen LogP contribution in [0.1, 0.15) is 22.7 Å². The van der Waals surface area contributed by atoms with E-state index >= 15 is 0 Å². The van der Waals surface area contributed by atoms with E-state index in [4.69, 9.17) is 0 Å². The number of fused-ring (bicyclic) bond motifs is 1. The van der Waals surface area contributed by atoms with Crippen LogP contribution in [-0.4, -0.2) is 32.7 Å². The molecule has 0 saturated heterocycles. The van der Waals surface area contributed by atoms with Crippen LogP contribution in [-0.2, 0) is 4.79 Å². The van der Waals surface area contributed by atoms with Gasteiger partial charge in [0.1, 0.15) is 12.6 Å². The molecule has 7 heteroatoms. The van der Waals surface area contributed by atoms with Crippen molar-refractivity contribution in [1.82, 2.24) is 20.2 Å². The summed E-state index contributed by atoms with van der Waals surface area (Å²) >= 11 is 0. The number of nitrogens with one attached hydrogen (secondary N) is 1. The van der Waals surface area contributed by atoms with Gasteiger partial charge in [-0.05, 0) is 46.7 Å². The molecule has 1 amide bonds. The van der Waals surface area contributed by atoms with Crippen molar-refractivity contribution < 1.29 is 4.79 Å². The summed E-state index contributed by atoms with van der Waals surface area (Å²) in [4.78, 5) is 14.8. The molecular formula is C25H22N6O. The highest BCUT2D eigenvalue weighted by Crippen LogP contribution is 2.35. The van der Waals surface area contributed by atoms with E-state index in [1.165, 1.54) is 0 Å². The first kappa shape index (κ1) is 19.7. The van der Waals surface area contributed by atoms with Crippen LogP contribution >= 0.6 is 0 Å². The van der Waals surface area contributed by atoms with Gasteiger partial charge in [0.25, 0.3) is 5.95 Å². The third-order valence-corrected chi connectivity index (χ3v) is 5.43. The smallest absolute Gasteiger partial charge is 0.251 e. The van der Waals surface area contributed by atoms with Crippen LogP contribution in [0.3, 0.4) is 0 Å². The van der Waals surface area contributed by atoms with Gasteiger partial charge in [0.15, 0.2) is 0 Å². The van der Waals surface area contributed by atoms with Crippen LogP contribution in [0.4, 0.5) is 11.6 Å². The van der Waals surface area contributed by atoms with Gasteiger partial charge in [-0.15, -0.1) is 0 Å². The summed E-state index contributed by atoms with van der Waals surface area (Å²) < 4.78 is 1.75. The van der Waals surface area contributed by atoms with E-state index in [0.29, 0.717) is 5.95 Å². The highest BCUT2D eigenvalue weighted by Gasteiger charge is 2.31. The van der Waals surface area contributed by atoms with Gasteiger partial charge in [-0.3, -0.25) is 9.69 Å². The average Bonchev–Trinajstić information content (AvgIpc) is 3.32. The van der Waals surface area contributed by atoms with Gasteiger partial charge in [-0.1, -0.05) is 83.5 Å². The molecular weight excluding hydrogens is 400 g/mol. The van der Waals surface area contributed by atoms with Gasteiger partial charge in [-0.2, -0.15) is 4.68 Å². The molecule has 1 aromatic heterocycles. The van der Waals surface area contributed by atoms with Gasteiger partial charge in [0, 0.05) is 5.69 Å². The van der Waals surface area contributed by atoms with Crippen molar-refractivity contribution in [3.63, 3.8) is 0 Å². The first-order chi connectivity index (χ1) is 15.7. The maximum Gasteiger partial charge on any atom is 0.251 e. The fourth-order valence-corrected chi connectivity index (χ4v) is 3.85. The molecule has 0 fully saturated rings. The van der Waals surface area contributed by atoms with Crippen LogP contribution in [0, 0.1) is 6.92 Å². The predicted molar refractivity (Wildman–Crippen MR) is 124 cm³/mol. The molecule has 0 radical (unpaired) electrons.